The summed E-state index contributed by atoms with van der Waals surface area (Å²) in [5, 5.41) is 53.1. The number of hydrogen-bond acceptors (Lipinski definition) is 11. The molecule has 6 atom stereocenters. The first kappa shape index (κ1) is 31.6. The molecular weight excluding hydrogens is 550 g/mol. The van der Waals surface area contributed by atoms with E-state index < -0.39 is 42.8 Å². The Labute approximate surface area is 243 Å². The van der Waals surface area contributed by atoms with Crippen LogP contribution in [0.3, 0.4) is 0 Å². The van der Waals surface area contributed by atoms with Crippen LogP contribution in [-0.2, 0) is 14.3 Å². The van der Waals surface area contributed by atoms with Gasteiger partial charge >= 0.3 is 5.97 Å². The van der Waals surface area contributed by atoms with E-state index in [0.717, 1.165) is 16.8 Å². The smallest absolute Gasteiger partial charge is 0.335 e. The zero-order chi connectivity index (χ0) is 30.4. The van der Waals surface area contributed by atoms with Gasteiger partial charge in [-0.05, 0) is 37.1 Å². The zero-order valence-corrected chi connectivity index (χ0v) is 23.6. The van der Waals surface area contributed by atoms with E-state index in [1.807, 2.05) is 32.0 Å². The number of β-amino-alcohol motifs (C(OH)–C–C–N with tert-alkyl or cyclic N) is 1. The van der Waals surface area contributed by atoms with Crippen LogP contribution in [0.15, 0.2) is 42.5 Å². The number of nitrogens with zero attached hydrogens (tertiary/aromatic N) is 2. The van der Waals surface area contributed by atoms with E-state index in [4.69, 9.17) is 14.2 Å². The van der Waals surface area contributed by atoms with Crippen LogP contribution in [0.25, 0.3) is 0 Å². The Balaban J connectivity index is 1.23. The molecule has 2 aliphatic rings. The predicted octanol–water partition coefficient (Wildman–Crippen LogP) is -0.430. The lowest BCUT2D eigenvalue weighted by molar-refractivity contribution is -0.271. The molecular formula is C29H39N3O10. The molecule has 230 valence electrons. The molecule has 2 aromatic rings. The number of carboxylic acid groups (broad SMARTS) is 1. The van der Waals surface area contributed by atoms with Gasteiger partial charge in [-0.3, -0.25) is 14.6 Å². The van der Waals surface area contributed by atoms with Crippen LogP contribution in [-0.4, -0.2) is 130 Å². The molecule has 2 aliphatic heterocycles. The van der Waals surface area contributed by atoms with Crippen LogP contribution in [0.4, 0.5) is 5.69 Å². The molecule has 0 aliphatic carbocycles. The number of carbonyl (C=O) groups excluding carboxylic acids is 1. The third-order valence-corrected chi connectivity index (χ3v) is 7.38. The summed E-state index contributed by atoms with van der Waals surface area (Å²) in [5.41, 5.74) is 2.88. The zero-order valence-electron chi connectivity index (χ0n) is 23.6. The summed E-state index contributed by atoms with van der Waals surface area (Å²) in [7, 11) is 0. The van der Waals surface area contributed by atoms with Gasteiger partial charge in [0.1, 0.15) is 31.0 Å². The number of anilines is 1. The summed E-state index contributed by atoms with van der Waals surface area (Å²) in [6.07, 6.45) is -9.58. The van der Waals surface area contributed by atoms with Crippen molar-refractivity contribution in [2.45, 2.75) is 50.7 Å². The van der Waals surface area contributed by atoms with Crippen molar-refractivity contribution in [2.75, 3.05) is 51.2 Å². The van der Waals surface area contributed by atoms with Gasteiger partial charge in [0.15, 0.2) is 17.6 Å². The first-order valence-electron chi connectivity index (χ1n) is 13.8. The topological polar surface area (TPSA) is 181 Å². The highest BCUT2D eigenvalue weighted by atomic mass is 16.7. The number of carbonyl (C=O) groups is 2. The predicted molar refractivity (Wildman–Crippen MR) is 150 cm³/mol. The standard InChI is InChI=1S/C29H39N3O10/c1-17-6-5-7-18(2)23(17)30-22(34)15-32-12-10-31(11-13-32)14-19(33)16-40-20-8-3-4-9-21(20)41-29-26(37)24(35)25(36)27(42-29)28(38)39/h3-9,19,24-27,29,33,35-37H,10-16H2,1-2H3,(H,30,34)(H,38,39)/t19-,24+,25+,26-,27+,29-/m1/s1. The van der Waals surface area contributed by atoms with Crippen molar-refractivity contribution >= 4 is 17.6 Å². The molecule has 2 aromatic carbocycles. The number of carboxylic acids is 1. The fraction of sp³-hybridized carbons (Fsp3) is 0.517. The lowest BCUT2D eigenvalue weighted by Crippen LogP contribution is -2.61. The van der Waals surface area contributed by atoms with E-state index in [1.54, 1.807) is 18.2 Å². The van der Waals surface area contributed by atoms with Crippen LogP contribution in [0, 0.1) is 13.8 Å². The average molecular weight is 590 g/mol. The number of ether oxygens (including phenoxy) is 3. The average Bonchev–Trinajstić information content (AvgIpc) is 2.95. The fourth-order valence-corrected chi connectivity index (χ4v) is 5.00. The van der Waals surface area contributed by atoms with E-state index >= 15 is 0 Å². The molecule has 0 unspecified atom stereocenters. The molecule has 42 heavy (non-hydrogen) atoms. The molecule has 0 radical (unpaired) electrons. The number of para-hydroxylation sites is 3. The first-order chi connectivity index (χ1) is 20.0. The van der Waals surface area contributed by atoms with Crippen molar-refractivity contribution in [1.82, 2.24) is 9.80 Å². The fourth-order valence-electron chi connectivity index (χ4n) is 5.00. The summed E-state index contributed by atoms with van der Waals surface area (Å²) in [6.45, 7) is 7.17. The highest BCUT2D eigenvalue weighted by Gasteiger charge is 2.48. The summed E-state index contributed by atoms with van der Waals surface area (Å²) in [6, 6.07) is 12.2. The van der Waals surface area contributed by atoms with Gasteiger partial charge in [-0.2, -0.15) is 0 Å². The van der Waals surface area contributed by atoms with Crippen molar-refractivity contribution in [1.29, 1.82) is 0 Å². The van der Waals surface area contributed by atoms with Crippen LogP contribution >= 0.6 is 0 Å². The van der Waals surface area contributed by atoms with Crippen molar-refractivity contribution in [3.05, 3.63) is 53.6 Å². The number of benzene rings is 2. The van der Waals surface area contributed by atoms with Crippen molar-refractivity contribution in [3.8, 4) is 11.5 Å². The molecule has 1 amide bonds. The molecule has 0 saturated carbocycles. The van der Waals surface area contributed by atoms with Gasteiger partial charge in [-0.15, -0.1) is 0 Å². The first-order valence-corrected chi connectivity index (χ1v) is 13.8. The van der Waals surface area contributed by atoms with Crippen molar-refractivity contribution in [2.24, 2.45) is 0 Å². The maximum atomic E-state index is 12.6. The molecule has 13 heteroatoms. The highest BCUT2D eigenvalue weighted by molar-refractivity contribution is 5.93. The number of hydrogen-bond donors (Lipinski definition) is 6. The van der Waals surface area contributed by atoms with Gasteiger partial charge in [0.2, 0.25) is 12.2 Å². The number of nitrogens with one attached hydrogen (secondary N) is 1. The van der Waals surface area contributed by atoms with Gasteiger partial charge in [0.05, 0.1) is 6.54 Å². The van der Waals surface area contributed by atoms with Gasteiger partial charge in [0, 0.05) is 38.4 Å². The minimum atomic E-state index is -1.83. The molecule has 0 aromatic heterocycles. The second-order valence-corrected chi connectivity index (χ2v) is 10.7. The van der Waals surface area contributed by atoms with Crippen LogP contribution in [0.5, 0.6) is 11.5 Å². The minimum Gasteiger partial charge on any atom is -0.487 e. The molecule has 13 nitrogen and oxygen atoms in total. The molecule has 2 fully saturated rings. The van der Waals surface area contributed by atoms with Gasteiger partial charge in [-0.1, -0.05) is 30.3 Å². The van der Waals surface area contributed by atoms with E-state index in [1.165, 1.54) is 6.07 Å². The number of aryl methyl sites for hydroxylation is 2. The summed E-state index contributed by atoms with van der Waals surface area (Å²) in [5.74, 6) is -1.28. The normalized spacial score (nSPS) is 25.9. The molecule has 2 saturated heterocycles. The summed E-state index contributed by atoms with van der Waals surface area (Å²) >= 11 is 0. The van der Waals surface area contributed by atoms with E-state index in [2.05, 4.69) is 15.1 Å². The number of aliphatic carboxylic acids is 1. The number of amides is 1. The van der Waals surface area contributed by atoms with Crippen LogP contribution in [0.2, 0.25) is 0 Å². The Morgan fingerprint density at radius 2 is 1.55 bits per heavy atom. The van der Waals surface area contributed by atoms with Crippen LogP contribution in [0.1, 0.15) is 11.1 Å². The van der Waals surface area contributed by atoms with E-state index in [-0.39, 0.29) is 30.6 Å². The SMILES string of the molecule is Cc1cccc(C)c1NC(=O)CN1CCN(C[C@@H](O)COc2ccccc2O[C@@H]2O[C@H](C(=O)O)[C@@H](O)[C@H](O)[C@H]2O)CC1. The number of rotatable bonds is 11. The second kappa shape index (κ2) is 14.2. The maximum Gasteiger partial charge on any atom is 0.335 e. The van der Waals surface area contributed by atoms with Gasteiger partial charge in [-0.25, -0.2) is 4.79 Å². The molecule has 0 spiro atoms. The number of aliphatic hydroxyl groups is 4. The number of piperazine rings is 1. The third-order valence-electron chi connectivity index (χ3n) is 7.38. The van der Waals surface area contributed by atoms with Gasteiger partial charge < -0.3 is 45.1 Å². The molecule has 4 rings (SSSR count). The Morgan fingerprint density at radius 1 is 0.929 bits per heavy atom. The Kier molecular flexibility index (Phi) is 10.7. The summed E-state index contributed by atoms with van der Waals surface area (Å²) < 4.78 is 16.5. The van der Waals surface area contributed by atoms with Crippen molar-refractivity contribution in [3.63, 3.8) is 0 Å². The lowest BCUT2D eigenvalue weighted by atomic mass is 9.99. The minimum absolute atomic E-state index is 0.0644. The molecule has 0 bridgehead atoms. The van der Waals surface area contributed by atoms with E-state index in [0.29, 0.717) is 32.7 Å². The monoisotopic (exact) mass is 589 g/mol. The molecule has 6 N–H and O–H groups in total. The second-order valence-electron chi connectivity index (χ2n) is 10.7. The maximum absolute atomic E-state index is 12.6. The Hall–Kier alpha value is -3.30. The third kappa shape index (κ3) is 7.95. The van der Waals surface area contributed by atoms with Crippen molar-refractivity contribution < 1.29 is 49.3 Å². The van der Waals surface area contributed by atoms with Crippen LogP contribution < -0.4 is 14.8 Å². The highest BCUT2D eigenvalue weighted by Crippen LogP contribution is 2.31. The Morgan fingerprint density at radius 3 is 2.19 bits per heavy atom. The summed E-state index contributed by atoms with van der Waals surface area (Å²) in [4.78, 5) is 28.1. The molecule has 2 heterocycles. The van der Waals surface area contributed by atoms with Gasteiger partial charge in [0.25, 0.3) is 0 Å². The Bertz CT molecular complexity index is 1200. The quantitative estimate of drug-likeness (QED) is 0.199. The number of aliphatic hydroxyl groups excluding tert-OH is 4. The lowest BCUT2D eigenvalue weighted by Gasteiger charge is -2.38. The van der Waals surface area contributed by atoms with E-state index in [9.17, 15) is 35.1 Å². The largest absolute Gasteiger partial charge is 0.487 e.